The largest absolute Gasteiger partial charge is 0.340 e. The zero-order valence-electron chi connectivity index (χ0n) is 11.5. The van der Waals surface area contributed by atoms with Gasteiger partial charge in [-0.05, 0) is 30.2 Å². The number of nitrogens with one attached hydrogen (secondary N) is 2. The molecule has 112 valence electrons. The SMILES string of the molecule is Clc1ccc(Nc2ncnc3sc4c(c23)CNCC4)cc1Cl. The van der Waals surface area contributed by atoms with E-state index in [0.29, 0.717) is 10.0 Å². The molecule has 0 bridgehead atoms. The minimum atomic E-state index is 0.519. The van der Waals surface area contributed by atoms with E-state index in [1.165, 1.54) is 10.4 Å². The van der Waals surface area contributed by atoms with E-state index >= 15 is 0 Å². The molecule has 3 aromatic rings. The predicted molar refractivity (Wildman–Crippen MR) is 92.6 cm³/mol. The molecule has 0 radical (unpaired) electrons. The Morgan fingerprint density at radius 2 is 2.09 bits per heavy atom. The Bertz CT molecular complexity index is 862. The first-order valence-electron chi connectivity index (χ1n) is 6.90. The van der Waals surface area contributed by atoms with Gasteiger partial charge in [0.25, 0.3) is 0 Å². The predicted octanol–water partition coefficient (Wildman–Crippen LogP) is 4.39. The summed E-state index contributed by atoms with van der Waals surface area (Å²) in [5.74, 6) is 0.810. The van der Waals surface area contributed by atoms with E-state index in [4.69, 9.17) is 23.2 Å². The molecule has 3 heterocycles. The molecule has 2 aromatic heterocycles. The van der Waals surface area contributed by atoms with Crippen molar-refractivity contribution < 1.29 is 0 Å². The average Bonchev–Trinajstić information content (AvgIpc) is 2.90. The number of anilines is 2. The number of benzene rings is 1. The van der Waals surface area contributed by atoms with Crippen molar-refractivity contribution >= 4 is 56.3 Å². The van der Waals surface area contributed by atoms with Gasteiger partial charge < -0.3 is 10.6 Å². The third kappa shape index (κ3) is 2.44. The fourth-order valence-corrected chi connectivity index (χ4v) is 4.10. The second kappa shape index (κ2) is 5.66. The van der Waals surface area contributed by atoms with Gasteiger partial charge in [-0.25, -0.2) is 9.97 Å². The second-order valence-electron chi connectivity index (χ2n) is 5.09. The van der Waals surface area contributed by atoms with E-state index in [0.717, 1.165) is 41.2 Å². The van der Waals surface area contributed by atoms with Crippen LogP contribution in [0, 0.1) is 0 Å². The Balaban J connectivity index is 1.81. The first kappa shape index (κ1) is 14.2. The molecule has 0 spiro atoms. The summed E-state index contributed by atoms with van der Waals surface area (Å²) in [5, 5.41) is 8.90. The third-order valence-corrected chi connectivity index (χ3v) is 5.62. The smallest absolute Gasteiger partial charge is 0.142 e. The van der Waals surface area contributed by atoms with Crippen LogP contribution in [0.1, 0.15) is 10.4 Å². The van der Waals surface area contributed by atoms with Crippen LogP contribution in [0.15, 0.2) is 24.5 Å². The number of fused-ring (bicyclic) bond motifs is 3. The van der Waals surface area contributed by atoms with Crippen molar-refractivity contribution in [2.45, 2.75) is 13.0 Å². The number of hydrogen-bond donors (Lipinski definition) is 2. The molecule has 4 nitrogen and oxygen atoms in total. The molecular formula is C15H12Cl2N4S. The molecule has 0 saturated carbocycles. The Morgan fingerprint density at radius 3 is 2.95 bits per heavy atom. The van der Waals surface area contributed by atoms with E-state index in [9.17, 15) is 0 Å². The van der Waals surface area contributed by atoms with Gasteiger partial charge in [-0.1, -0.05) is 23.2 Å². The van der Waals surface area contributed by atoms with Gasteiger partial charge in [0.2, 0.25) is 0 Å². The molecule has 1 aromatic carbocycles. The Labute approximate surface area is 141 Å². The monoisotopic (exact) mass is 350 g/mol. The average molecular weight is 351 g/mol. The molecular weight excluding hydrogens is 339 g/mol. The lowest BCUT2D eigenvalue weighted by Gasteiger charge is -2.14. The molecule has 2 N–H and O–H groups in total. The van der Waals surface area contributed by atoms with Crippen molar-refractivity contribution in [2.24, 2.45) is 0 Å². The minimum Gasteiger partial charge on any atom is -0.340 e. The molecule has 0 unspecified atom stereocenters. The van der Waals surface area contributed by atoms with Crippen LogP contribution in [0.3, 0.4) is 0 Å². The molecule has 1 aliphatic heterocycles. The maximum Gasteiger partial charge on any atom is 0.142 e. The van der Waals surface area contributed by atoms with Crippen molar-refractivity contribution in [3.05, 3.63) is 45.0 Å². The molecule has 1 aliphatic rings. The summed E-state index contributed by atoms with van der Waals surface area (Å²) in [4.78, 5) is 11.2. The summed E-state index contributed by atoms with van der Waals surface area (Å²) >= 11 is 13.8. The summed E-state index contributed by atoms with van der Waals surface area (Å²) < 4.78 is 0. The number of aromatic nitrogens is 2. The lowest BCUT2D eigenvalue weighted by atomic mass is 10.1. The fourth-order valence-electron chi connectivity index (χ4n) is 2.65. The van der Waals surface area contributed by atoms with Crippen molar-refractivity contribution in [1.82, 2.24) is 15.3 Å². The summed E-state index contributed by atoms with van der Waals surface area (Å²) in [7, 11) is 0. The zero-order chi connectivity index (χ0) is 15.1. The van der Waals surface area contributed by atoms with Gasteiger partial charge in [0.15, 0.2) is 0 Å². The fraction of sp³-hybridized carbons (Fsp3) is 0.200. The molecule has 22 heavy (non-hydrogen) atoms. The van der Waals surface area contributed by atoms with Gasteiger partial charge >= 0.3 is 0 Å². The molecule has 4 rings (SSSR count). The number of nitrogens with zero attached hydrogens (tertiary/aromatic N) is 2. The Morgan fingerprint density at radius 1 is 1.18 bits per heavy atom. The van der Waals surface area contributed by atoms with Crippen LogP contribution in [0.4, 0.5) is 11.5 Å². The minimum absolute atomic E-state index is 0.519. The first-order valence-corrected chi connectivity index (χ1v) is 8.47. The van der Waals surface area contributed by atoms with Gasteiger partial charge in [-0.15, -0.1) is 11.3 Å². The van der Waals surface area contributed by atoms with Crippen molar-refractivity contribution in [2.75, 3.05) is 11.9 Å². The van der Waals surface area contributed by atoms with Crippen LogP contribution >= 0.6 is 34.5 Å². The van der Waals surface area contributed by atoms with Crippen molar-refractivity contribution in [3.63, 3.8) is 0 Å². The van der Waals surface area contributed by atoms with Gasteiger partial charge in [0.05, 0.1) is 15.4 Å². The molecule has 0 aliphatic carbocycles. The quantitative estimate of drug-likeness (QED) is 0.719. The van der Waals surface area contributed by atoms with E-state index in [-0.39, 0.29) is 0 Å². The number of hydrogen-bond acceptors (Lipinski definition) is 5. The summed E-state index contributed by atoms with van der Waals surface area (Å²) in [6.07, 6.45) is 2.64. The molecule has 0 fully saturated rings. The molecule has 0 atom stereocenters. The zero-order valence-corrected chi connectivity index (χ0v) is 13.8. The summed E-state index contributed by atoms with van der Waals surface area (Å²) in [6.45, 7) is 1.88. The van der Waals surface area contributed by atoms with Crippen LogP contribution in [0.25, 0.3) is 10.2 Å². The molecule has 0 amide bonds. The highest BCUT2D eigenvalue weighted by Gasteiger charge is 2.19. The van der Waals surface area contributed by atoms with Crippen LogP contribution in [-0.4, -0.2) is 16.5 Å². The number of rotatable bonds is 2. The number of halogens is 2. The molecule has 7 heteroatoms. The third-order valence-electron chi connectivity index (χ3n) is 3.68. The van der Waals surface area contributed by atoms with Gasteiger partial charge in [0.1, 0.15) is 17.0 Å². The van der Waals surface area contributed by atoms with E-state index < -0.39 is 0 Å². The second-order valence-corrected chi connectivity index (χ2v) is 6.98. The standard InChI is InChI=1S/C15H12Cl2N4S/c16-10-2-1-8(5-11(10)17)21-14-13-9-6-18-4-3-12(9)22-15(13)20-7-19-14/h1-2,5,7,18H,3-4,6H2,(H,19,20,21). The maximum absolute atomic E-state index is 6.08. The lowest BCUT2D eigenvalue weighted by molar-refractivity contribution is 0.656. The van der Waals surface area contributed by atoms with Gasteiger partial charge in [0, 0.05) is 23.7 Å². The normalized spacial score (nSPS) is 14.1. The van der Waals surface area contributed by atoms with Gasteiger partial charge in [-0.3, -0.25) is 0 Å². The Kier molecular flexibility index (Phi) is 3.66. The Hall–Kier alpha value is -1.40. The highest BCUT2D eigenvalue weighted by atomic mass is 35.5. The van der Waals surface area contributed by atoms with Crippen molar-refractivity contribution in [1.29, 1.82) is 0 Å². The topological polar surface area (TPSA) is 49.8 Å². The summed E-state index contributed by atoms with van der Waals surface area (Å²) in [6, 6.07) is 5.46. The van der Waals surface area contributed by atoms with E-state index in [1.807, 2.05) is 6.07 Å². The highest BCUT2D eigenvalue weighted by molar-refractivity contribution is 7.19. The van der Waals surface area contributed by atoms with Crippen LogP contribution < -0.4 is 10.6 Å². The molecule has 0 saturated heterocycles. The van der Waals surface area contributed by atoms with Crippen LogP contribution in [0.5, 0.6) is 0 Å². The van der Waals surface area contributed by atoms with Crippen molar-refractivity contribution in [3.8, 4) is 0 Å². The summed E-state index contributed by atoms with van der Waals surface area (Å²) in [5.41, 5.74) is 2.16. The maximum atomic E-state index is 6.08. The first-order chi connectivity index (χ1) is 10.7. The lowest BCUT2D eigenvalue weighted by Crippen LogP contribution is -2.22. The van der Waals surface area contributed by atoms with Gasteiger partial charge in [-0.2, -0.15) is 0 Å². The van der Waals surface area contributed by atoms with E-state index in [1.54, 1.807) is 29.8 Å². The highest BCUT2D eigenvalue weighted by Crippen LogP contribution is 2.37. The van der Waals surface area contributed by atoms with Crippen LogP contribution in [-0.2, 0) is 13.0 Å². The van der Waals surface area contributed by atoms with E-state index in [2.05, 4.69) is 20.6 Å². The number of thiophene rings is 1. The van der Waals surface area contributed by atoms with Crippen LogP contribution in [0.2, 0.25) is 10.0 Å².